The van der Waals surface area contributed by atoms with Gasteiger partial charge in [-0.1, -0.05) is 47.7 Å². The van der Waals surface area contributed by atoms with Gasteiger partial charge >= 0.3 is 0 Å². The normalized spacial score (nSPS) is 21.0. The third-order valence-electron chi connectivity index (χ3n) is 6.22. The molecular formula is C18H38N2OSi. The van der Waals surface area contributed by atoms with E-state index in [1.54, 1.807) is 7.11 Å². The lowest BCUT2D eigenvalue weighted by Crippen LogP contribution is -2.44. The zero-order valence-electron chi connectivity index (χ0n) is 16.2. The number of hydrogen-bond acceptors (Lipinski definition) is 3. The van der Waals surface area contributed by atoms with Crippen LogP contribution in [0.4, 0.5) is 0 Å². The average molecular weight is 327 g/mol. The molecular weight excluding hydrogens is 288 g/mol. The Labute approximate surface area is 139 Å². The zero-order chi connectivity index (χ0) is 17.0. The minimum absolute atomic E-state index is 0.430. The minimum atomic E-state index is -1.38. The summed E-state index contributed by atoms with van der Waals surface area (Å²) in [7, 11) is 0.415. The fraction of sp³-hybridized carbons (Fsp3) is 0.944. The number of methoxy groups -OCH3 is 1. The maximum atomic E-state index is 5.36. The standard InChI is InChI=1S/C18H38N2OSi/c1-9-16(14-22(7,8)18(4,5)15(2)3)19-20-12-10-11-17(20)13-21-6/h15,17H,9-14H2,1-8H3/b19-16+/t17-/m0/s1. The van der Waals surface area contributed by atoms with E-state index in [1.807, 2.05) is 0 Å². The van der Waals surface area contributed by atoms with Crippen molar-refractivity contribution in [2.24, 2.45) is 11.0 Å². The van der Waals surface area contributed by atoms with Gasteiger partial charge in [0, 0.05) is 19.4 Å². The number of hydrazone groups is 1. The molecule has 0 aromatic carbocycles. The fourth-order valence-corrected chi connectivity index (χ4v) is 6.61. The first-order chi connectivity index (χ1) is 10.2. The van der Waals surface area contributed by atoms with E-state index < -0.39 is 8.07 Å². The third-order valence-corrected chi connectivity index (χ3v) is 11.6. The minimum Gasteiger partial charge on any atom is -0.382 e. The summed E-state index contributed by atoms with van der Waals surface area (Å²) >= 11 is 0. The van der Waals surface area contributed by atoms with Gasteiger partial charge < -0.3 is 4.74 Å². The molecule has 0 spiro atoms. The fourth-order valence-electron chi connectivity index (χ4n) is 3.25. The predicted octanol–water partition coefficient (Wildman–Crippen LogP) is 5.01. The molecule has 4 heteroatoms. The molecule has 22 heavy (non-hydrogen) atoms. The van der Waals surface area contributed by atoms with Crippen LogP contribution in [0.1, 0.15) is 53.9 Å². The molecule has 1 fully saturated rings. The molecule has 1 aliphatic heterocycles. The molecule has 1 atom stereocenters. The first kappa shape index (κ1) is 19.7. The van der Waals surface area contributed by atoms with Crippen LogP contribution in [0.5, 0.6) is 0 Å². The molecule has 1 heterocycles. The number of hydrogen-bond donors (Lipinski definition) is 0. The van der Waals surface area contributed by atoms with Crippen molar-refractivity contribution in [3.63, 3.8) is 0 Å². The number of rotatable bonds is 8. The lowest BCUT2D eigenvalue weighted by Gasteiger charge is -2.44. The molecule has 0 aliphatic carbocycles. The molecule has 0 aromatic rings. The van der Waals surface area contributed by atoms with Crippen molar-refractivity contribution < 1.29 is 4.74 Å². The van der Waals surface area contributed by atoms with Gasteiger partial charge in [0.1, 0.15) is 0 Å². The summed E-state index contributed by atoms with van der Waals surface area (Å²) in [6.07, 6.45) is 3.53. The topological polar surface area (TPSA) is 24.8 Å². The molecule has 0 amide bonds. The van der Waals surface area contributed by atoms with Crippen LogP contribution in [0.3, 0.4) is 0 Å². The Morgan fingerprint density at radius 1 is 1.36 bits per heavy atom. The van der Waals surface area contributed by atoms with Crippen LogP contribution in [-0.4, -0.2) is 45.1 Å². The lowest BCUT2D eigenvalue weighted by atomic mass is 9.99. The molecule has 1 aliphatic rings. The average Bonchev–Trinajstić information content (AvgIpc) is 2.85. The van der Waals surface area contributed by atoms with E-state index >= 15 is 0 Å². The Bertz CT molecular complexity index is 377. The van der Waals surface area contributed by atoms with Gasteiger partial charge in [-0.05, 0) is 36.3 Å². The molecule has 3 nitrogen and oxygen atoms in total. The van der Waals surface area contributed by atoms with Gasteiger partial charge in [0.15, 0.2) is 0 Å². The van der Waals surface area contributed by atoms with Crippen molar-refractivity contribution >= 4 is 13.8 Å². The second-order valence-electron chi connectivity index (χ2n) is 8.37. The second kappa shape index (κ2) is 7.96. The summed E-state index contributed by atoms with van der Waals surface area (Å²) in [6.45, 7) is 18.9. The highest BCUT2D eigenvalue weighted by Gasteiger charge is 2.41. The predicted molar refractivity (Wildman–Crippen MR) is 100 cm³/mol. The van der Waals surface area contributed by atoms with Crippen LogP contribution >= 0.6 is 0 Å². The van der Waals surface area contributed by atoms with Gasteiger partial charge in [-0.15, -0.1) is 0 Å². The van der Waals surface area contributed by atoms with E-state index in [0.29, 0.717) is 11.1 Å². The van der Waals surface area contributed by atoms with E-state index in [9.17, 15) is 0 Å². The van der Waals surface area contributed by atoms with Gasteiger partial charge in [0.2, 0.25) is 0 Å². The molecule has 0 aromatic heterocycles. The Hall–Kier alpha value is -0.353. The Kier molecular flexibility index (Phi) is 7.12. The van der Waals surface area contributed by atoms with Crippen molar-refractivity contribution in [3.8, 4) is 0 Å². The SMILES string of the molecule is CC/C(C[Si](C)(C)C(C)(C)C(C)C)=N\N1CCC[C@H]1COC. The lowest BCUT2D eigenvalue weighted by molar-refractivity contribution is 0.117. The quantitative estimate of drug-likeness (QED) is 0.463. The molecule has 0 radical (unpaired) electrons. The second-order valence-corrected chi connectivity index (χ2v) is 13.8. The molecule has 1 saturated heterocycles. The molecule has 0 bridgehead atoms. The van der Waals surface area contributed by atoms with Crippen molar-refractivity contribution in [1.29, 1.82) is 0 Å². The maximum Gasteiger partial charge on any atom is 0.0704 e. The number of ether oxygens (including phenoxy) is 1. The van der Waals surface area contributed by atoms with E-state index in [0.717, 1.165) is 25.5 Å². The van der Waals surface area contributed by atoms with Gasteiger partial charge in [-0.2, -0.15) is 5.10 Å². The van der Waals surface area contributed by atoms with Crippen LogP contribution in [0, 0.1) is 5.92 Å². The summed E-state index contributed by atoms with van der Waals surface area (Å²) < 4.78 is 5.36. The highest BCUT2D eigenvalue weighted by Crippen LogP contribution is 2.46. The molecule has 0 unspecified atom stereocenters. The van der Waals surface area contributed by atoms with E-state index in [4.69, 9.17) is 9.84 Å². The highest BCUT2D eigenvalue weighted by molar-refractivity contribution is 6.82. The molecule has 130 valence electrons. The zero-order valence-corrected chi connectivity index (χ0v) is 17.2. The summed E-state index contributed by atoms with van der Waals surface area (Å²) in [5.74, 6) is 0.722. The highest BCUT2D eigenvalue weighted by atomic mass is 28.3. The summed E-state index contributed by atoms with van der Waals surface area (Å²) in [5, 5.41) is 7.79. The molecule has 1 rings (SSSR count). The van der Waals surface area contributed by atoms with E-state index in [1.165, 1.54) is 24.6 Å². The van der Waals surface area contributed by atoms with Crippen molar-refractivity contribution in [3.05, 3.63) is 0 Å². The van der Waals surface area contributed by atoms with Crippen LogP contribution < -0.4 is 0 Å². The Balaban J connectivity index is 2.85. The van der Waals surface area contributed by atoms with Gasteiger partial charge in [0.05, 0.1) is 20.7 Å². The van der Waals surface area contributed by atoms with Crippen molar-refractivity contribution in [1.82, 2.24) is 5.01 Å². The van der Waals surface area contributed by atoms with Crippen LogP contribution in [0.25, 0.3) is 0 Å². The van der Waals surface area contributed by atoms with Gasteiger partial charge in [-0.3, -0.25) is 5.01 Å². The van der Waals surface area contributed by atoms with Crippen molar-refractivity contribution in [2.75, 3.05) is 20.3 Å². The number of nitrogens with zero attached hydrogens (tertiary/aromatic N) is 2. The third kappa shape index (κ3) is 4.57. The van der Waals surface area contributed by atoms with Crippen LogP contribution in [-0.2, 0) is 4.74 Å². The van der Waals surface area contributed by atoms with Crippen molar-refractivity contribution in [2.45, 2.75) is 84.1 Å². The Morgan fingerprint density at radius 3 is 2.50 bits per heavy atom. The monoisotopic (exact) mass is 326 g/mol. The summed E-state index contributed by atoms with van der Waals surface area (Å²) in [6, 6.07) is 1.69. The summed E-state index contributed by atoms with van der Waals surface area (Å²) in [5.41, 5.74) is 1.40. The van der Waals surface area contributed by atoms with E-state index in [-0.39, 0.29) is 0 Å². The molecule has 0 saturated carbocycles. The van der Waals surface area contributed by atoms with E-state index in [2.05, 4.69) is 52.7 Å². The molecule has 0 N–H and O–H groups in total. The van der Waals surface area contributed by atoms with Gasteiger partial charge in [0.25, 0.3) is 0 Å². The van der Waals surface area contributed by atoms with Gasteiger partial charge in [-0.25, -0.2) is 0 Å². The smallest absolute Gasteiger partial charge is 0.0704 e. The first-order valence-corrected chi connectivity index (χ1v) is 12.2. The van der Waals surface area contributed by atoms with Crippen LogP contribution in [0.15, 0.2) is 5.10 Å². The maximum absolute atomic E-state index is 5.36. The summed E-state index contributed by atoms with van der Waals surface area (Å²) in [4.78, 5) is 0. The first-order valence-electron chi connectivity index (χ1n) is 8.97. The Morgan fingerprint density at radius 2 is 2.00 bits per heavy atom. The van der Waals surface area contributed by atoms with Crippen LogP contribution in [0.2, 0.25) is 24.2 Å². The largest absolute Gasteiger partial charge is 0.382 e.